The number of hydrogen-bond donors (Lipinski definition) is 0. The zero-order valence-electron chi connectivity index (χ0n) is 50.6. The lowest BCUT2D eigenvalue weighted by Gasteiger charge is -2.34. The van der Waals surface area contributed by atoms with Crippen molar-refractivity contribution >= 4 is 77.2 Å². The summed E-state index contributed by atoms with van der Waals surface area (Å²) < 4.78 is 0. The Balaban J connectivity index is 0.809. The van der Waals surface area contributed by atoms with Gasteiger partial charge in [0.1, 0.15) is 0 Å². The summed E-state index contributed by atoms with van der Waals surface area (Å²) in [5, 5.41) is 10.0. The molecule has 0 saturated heterocycles. The number of rotatable bonds is 12. The smallest absolute Gasteiger partial charge is 0.0470 e. The van der Waals surface area contributed by atoms with E-state index in [1.54, 1.807) is 0 Å². The number of fused-ring (bicyclic) bond motifs is 4. The van der Waals surface area contributed by atoms with E-state index in [0.29, 0.717) is 11.8 Å². The van der Waals surface area contributed by atoms with Crippen LogP contribution in [0.2, 0.25) is 0 Å². The molecule has 0 bridgehead atoms. The summed E-state index contributed by atoms with van der Waals surface area (Å²) in [5.74, 6) is 0.763. The van der Waals surface area contributed by atoms with Gasteiger partial charge in [-0.25, -0.2) is 0 Å². The minimum atomic E-state index is 0.382. The molecule has 0 heterocycles. The van der Waals surface area contributed by atoms with Gasteiger partial charge >= 0.3 is 0 Å². The fourth-order valence-corrected chi connectivity index (χ4v) is 14.7. The van der Waals surface area contributed by atoms with Gasteiger partial charge in [0.2, 0.25) is 0 Å². The highest BCUT2D eigenvalue weighted by Crippen LogP contribution is 2.48. The third-order valence-electron chi connectivity index (χ3n) is 18.6. The minimum absolute atomic E-state index is 0.382. The molecule has 1 aliphatic carbocycles. The number of aryl methyl sites for hydroxylation is 4. The van der Waals surface area contributed by atoms with Gasteiger partial charge in [-0.15, -0.1) is 0 Å². The molecule has 2 atom stereocenters. The molecule has 15 rings (SSSR count). The SMILES string of the molecule is Cc1cc(-c2cccc3ccccc23)cc(N(c2ccc(C3CCCCC3c3ccc(N(c4cc(C)cc(-c5cccc6ccccc56)c4)c4cc(C)cc(-c5cccc6ccccc56)c4)cc3)cc2)c2cc(C)cc(-c3cccc4ccccc34)c2)c1. The van der Waals surface area contributed by atoms with Gasteiger partial charge in [0, 0.05) is 34.1 Å². The van der Waals surface area contributed by atoms with Crippen molar-refractivity contribution in [1.82, 2.24) is 0 Å². The van der Waals surface area contributed by atoms with Gasteiger partial charge in [-0.05, 0) is 246 Å². The summed E-state index contributed by atoms with van der Waals surface area (Å²) in [5.41, 5.74) is 24.3. The first kappa shape index (κ1) is 54.4. The van der Waals surface area contributed by atoms with Crippen LogP contribution >= 0.6 is 0 Å². The predicted octanol–water partition coefficient (Wildman–Crippen LogP) is 24.6. The zero-order chi connectivity index (χ0) is 59.2. The van der Waals surface area contributed by atoms with Crippen molar-refractivity contribution in [1.29, 1.82) is 0 Å². The van der Waals surface area contributed by atoms with Gasteiger partial charge in [-0.3, -0.25) is 0 Å². The normalized spacial score (nSPS) is 14.2. The van der Waals surface area contributed by atoms with Crippen molar-refractivity contribution in [3.8, 4) is 44.5 Å². The highest BCUT2D eigenvalue weighted by molar-refractivity contribution is 6.02. The molecule has 1 aliphatic rings. The molecule has 0 N–H and O–H groups in total. The average molecular weight is 1130 g/mol. The Morgan fingerprint density at radius 1 is 0.239 bits per heavy atom. The third-order valence-corrected chi connectivity index (χ3v) is 18.6. The molecule has 2 unspecified atom stereocenters. The summed E-state index contributed by atoms with van der Waals surface area (Å²) in [6.07, 6.45) is 4.75. The van der Waals surface area contributed by atoms with Gasteiger partial charge in [-0.1, -0.05) is 231 Å². The Labute approximate surface area is 518 Å². The highest BCUT2D eigenvalue weighted by Gasteiger charge is 2.29. The van der Waals surface area contributed by atoms with Crippen LogP contribution in [0.1, 0.15) is 70.9 Å². The Kier molecular flexibility index (Phi) is 14.3. The van der Waals surface area contributed by atoms with Crippen LogP contribution in [0, 0.1) is 27.7 Å². The van der Waals surface area contributed by atoms with Crippen molar-refractivity contribution in [3.05, 3.63) is 325 Å². The van der Waals surface area contributed by atoms with Crippen molar-refractivity contribution in [2.24, 2.45) is 0 Å². The minimum Gasteiger partial charge on any atom is -0.310 e. The first-order chi connectivity index (χ1) is 43.2. The van der Waals surface area contributed by atoms with Gasteiger partial charge in [0.05, 0.1) is 0 Å². The molecule has 0 spiro atoms. The monoisotopic (exact) mass is 1130 g/mol. The summed E-state index contributed by atoms with van der Waals surface area (Å²) in [4.78, 5) is 4.99. The predicted molar refractivity (Wildman–Crippen MR) is 377 cm³/mol. The molecule has 1 saturated carbocycles. The van der Waals surface area contributed by atoms with Crippen LogP contribution in [0.4, 0.5) is 34.1 Å². The molecule has 0 amide bonds. The van der Waals surface area contributed by atoms with Gasteiger partial charge in [0.15, 0.2) is 0 Å². The topological polar surface area (TPSA) is 6.48 Å². The Hall–Kier alpha value is -10.3. The molecule has 88 heavy (non-hydrogen) atoms. The highest BCUT2D eigenvalue weighted by atomic mass is 15.1. The molecule has 0 radical (unpaired) electrons. The van der Waals surface area contributed by atoms with E-state index in [1.165, 1.54) is 134 Å². The van der Waals surface area contributed by atoms with E-state index in [0.717, 1.165) is 47.0 Å². The van der Waals surface area contributed by atoms with E-state index < -0.39 is 0 Å². The van der Waals surface area contributed by atoms with Crippen LogP contribution < -0.4 is 9.80 Å². The second-order valence-electron chi connectivity index (χ2n) is 24.7. The number of hydrogen-bond acceptors (Lipinski definition) is 2. The first-order valence-corrected chi connectivity index (χ1v) is 31.4. The summed E-state index contributed by atoms with van der Waals surface area (Å²) >= 11 is 0. The Bertz CT molecular complexity index is 4340. The Morgan fingerprint density at radius 2 is 0.489 bits per heavy atom. The zero-order valence-corrected chi connectivity index (χ0v) is 50.6. The second-order valence-corrected chi connectivity index (χ2v) is 24.7. The fraction of sp³-hybridized carbons (Fsp3) is 0.116. The van der Waals surface area contributed by atoms with Gasteiger partial charge in [-0.2, -0.15) is 0 Å². The third kappa shape index (κ3) is 10.5. The number of benzene rings is 14. The van der Waals surface area contributed by atoms with Crippen molar-refractivity contribution in [3.63, 3.8) is 0 Å². The summed E-state index contributed by atoms with van der Waals surface area (Å²) in [6.45, 7) is 8.95. The second kappa shape index (κ2) is 23.2. The van der Waals surface area contributed by atoms with E-state index in [9.17, 15) is 0 Å². The van der Waals surface area contributed by atoms with Gasteiger partial charge in [0.25, 0.3) is 0 Å². The summed E-state index contributed by atoms with van der Waals surface area (Å²) in [6, 6.07) is 110. The number of anilines is 6. The quantitative estimate of drug-likeness (QED) is 0.120. The lowest BCUT2D eigenvalue weighted by Crippen LogP contribution is -2.17. The van der Waals surface area contributed by atoms with E-state index in [4.69, 9.17) is 0 Å². The van der Waals surface area contributed by atoms with Crippen molar-refractivity contribution in [2.45, 2.75) is 65.2 Å². The Morgan fingerprint density at radius 3 is 0.761 bits per heavy atom. The van der Waals surface area contributed by atoms with Crippen molar-refractivity contribution in [2.75, 3.05) is 9.80 Å². The van der Waals surface area contributed by atoms with Gasteiger partial charge < -0.3 is 9.80 Å². The molecule has 0 aromatic heterocycles. The molecule has 424 valence electrons. The van der Waals surface area contributed by atoms with Crippen LogP contribution in [-0.4, -0.2) is 0 Å². The average Bonchev–Trinajstić information content (AvgIpc) is 1.85. The standard InChI is InChI=1S/C86H70N2/c1-57-45-67(83-33-15-23-61-19-5-9-27-77(61)83)53-73(49-57)87(74-50-58(2)46-68(54-74)84-34-16-24-62-20-6-10-28-78(62)84)71-41-37-65(38-42-71)81-31-13-14-32-82(81)66-39-43-72(44-40-66)88(75-51-59(3)47-69(55-75)85-35-17-25-63-21-7-11-29-79(63)85)76-52-60(4)48-70(56-76)86-36-18-26-64-22-8-12-30-80(64)86/h5-12,15-30,33-56,81-82H,13-14,31-32H2,1-4H3. The van der Waals surface area contributed by atoms with E-state index in [2.05, 4.69) is 329 Å². The molecular weight excluding hydrogens is 1060 g/mol. The molecule has 2 heteroatoms. The lowest BCUT2D eigenvalue weighted by atomic mass is 9.72. The largest absolute Gasteiger partial charge is 0.310 e. The van der Waals surface area contributed by atoms with Crippen LogP contribution in [0.3, 0.4) is 0 Å². The van der Waals surface area contributed by atoms with Crippen LogP contribution in [0.15, 0.2) is 291 Å². The molecule has 0 aliphatic heterocycles. The fourth-order valence-electron chi connectivity index (χ4n) is 14.7. The molecule has 14 aromatic carbocycles. The summed E-state index contributed by atoms with van der Waals surface area (Å²) in [7, 11) is 0. The van der Waals surface area contributed by atoms with Crippen molar-refractivity contribution < 1.29 is 0 Å². The maximum atomic E-state index is 2.49. The van der Waals surface area contributed by atoms with Crippen LogP contribution in [0.25, 0.3) is 87.6 Å². The maximum Gasteiger partial charge on any atom is 0.0470 e. The number of nitrogens with zero attached hydrogens (tertiary/aromatic N) is 2. The van der Waals surface area contributed by atoms with Crippen LogP contribution in [0.5, 0.6) is 0 Å². The molecular formula is C86H70N2. The molecule has 2 nitrogen and oxygen atoms in total. The lowest BCUT2D eigenvalue weighted by molar-refractivity contribution is 0.386. The molecule has 1 fully saturated rings. The van der Waals surface area contributed by atoms with E-state index in [-0.39, 0.29) is 0 Å². The molecule has 14 aromatic rings. The van der Waals surface area contributed by atoms with E-state index in [1.807, 2.05) is 0 Å². The maximum absolute atomic E-state index is 2.49. The van der Waals surface area contributed by atoms with Crippen LogP contribution in [-0.2, 0) is 0 Å². The van der Waals surface area contributed by atoms with E-state index >= 15 is 0 Å². The first-order valence-electron chi connectivity index (χ1n) is 31.4.